The molecule has 146 valence electrons. The van der Waals surface area contributed by atoms with Crippen molar-refractivity contribution in [3.05, 3.63) is 93.6 Å². The Morgan fingerprint density at radius 1 is 0.793 bits per heavy atom. The van der Waals surface area contributed by atoms with Gasteiger partial charge in [0, 0.05) is 14.8 Å². The number of nitrogens with one attached hydrogen (secondary N) is 2. The lowest BCUT2D eigenvalue weighted by Crippen LogP contribution is -2.22. The number of rotatable bonds is 6. The smallest absolute Gasteiger partial charge is 0.340 e. The van der Waals surface area contributed by atoms with E-state index in [4.69, 9.17) is 4.74 Å². The average Bonchev–Trinajstić information content (AvgIpc) is 2.74. The zero-order chi connectivity index (χ0) is 20.6. The second-order valence-corrected chi connectivity index (χ2v) is 7.24. The van der Waals surface area contributed by atoms with Crippen LogP contribution in [0.2, 0.25) is 0 Å². The lowest BCUT2D eigenvalue weighted by Gasteiger charge is -2.11. The number of amides is 2. The molecule has 2 amide bonds. The van der Waals surface area contributed by atoms with Gasteiger partial charge in [-0.05, 0) is 71.1 Å². The maximum absolute atomic E-state index is 12.4. The molecule has 0 unspecified atom stereocenters. The van der Waals surface area contributed by atoms with Crippen molar-refractivity contribution in [1.82, 2.24) is 0 Å². The van der Waals surface area contributed by atoms with E-state index in [2.05, 4.69) is 33.2 Å². The number of ether oxygens (including phenoxy) is 1. The van der Waals surface area contributed by atoms with Gasteiger partial charge in [0.25, 0.3) is 11.8 Å². The molecule has 29 heavy (non-hydrogen) atoms. The van der Waals surface area contributed by atoms with Gasteiger partial charge in [0.1, 0.15) is 0 Å². The molecule has 0 fully saturated rings. The van der Waals surface area contributed by atoms with Crippen LogP contribution in [0.25, 0.3) is 0 Å². The van der Waals surface area contributed by atoms with Crippen LogP contribution in [0.5, 0.6) is 0 Å². The molecule has 0 aliphatic rings. The summed E-state index contributed by atoms with van der Waals surface area (Å²) in [5, 5.41) is 5.35. The molecule has 0 atom stereocenters. The first-order valence-corrected chi connectivity index (χ1v) is 9.79. The van der Waals surface area contributed by atoms with Crippen molar-refractivity contribution < 1.29 is 19.1 Å². The number of carbonyl (C=O) groups is 3. The van der Waals surface area contributed by atoms with E-state index in [0.717, 1.165) is 3.57 Å². The fourth-order valence-corrected chi connectivity index (χ4v) is 2.85. The summed E-state index contributed by atoms with van der Waals surface area (Å²) in [6, 6.07) is 22.4. The van der Waals surface area contributed by atoms with E-state index in [1.165, 1.54) is 6.07 Å². The first-order valence-electron chi connectivity index (χ1n) is 8.71. The number of benzene rings is 3. The summed E-state index contributed by atoms with van der Waals surface area (Å²) in [7, 11) is 0. The Morgan fingerprint density at radius 2 is 1.45 bits per heavy atom. The Bertz CT molecular complexity index is 1020. The van der Waals surface area contributed by atoms with Crippen LogP contribution < -0.4 is 10.6 Å². The van der Waals surface area contributed by atoms with Crippen LogP contribution in [0, 0.1) is 3.57 Å². The summed E-state index contributed by atoms with van der Waals surface area (Å²) >= 11 is 2.16. The maximum Gasteiger partial charge on any atom is 0.340 e. The number of anilines is 2. The first kappa shape index (κ1) is 20.5. The summed E-state index contributed by atoms with van der Waals surface area (Å²) in [5.41, 5.74) is 1.55. The zero-order valence-corrected chi connectivity index (χ0v) is 17.4. The van der Waals surface area contributed by atoms with E-state index >= 15 is 0 Å². The van der Waals surface area contributed by atoms with Gasteiger partial charge >= 0.3 is 5.97 Å². The Kier molecular flexibility index (Phi) is 6.96. The molecule has 0 radical (unpaired) electrons. The minimum absolute atomic E-state index is 0.166. The Labute approximate surface area is 181 Å². The third-order valence-electron chi connectivity index (χ3n) is 3.89. The molecule has 0 spiro atoms. The molecular weight excluding hydrogens is 483 g/mol. The molecule has 2 N–H and O–H groups in total. The molecule has 6 nitrogen and oxygen atoms in total. The average molecular weight is 500 g/mol. The Balaban J connectivity index is 1.61. The van der Waals surface area contributed by atoms with Crippen LogP contribution in [-0.4, -0.2) is 24.4 Å². The minimum atomic E-state index is -0.702. The molecule has 3 rings (SSSR count). The van der Waals surface area contributed by atoms with Crippen molar-refractivity contribution in [2.45, 2.75) is 0 Å². The number of halogens is 1. The van der Waals surface area contributed by atoms with Crippen molar-refractivity contribution in [2.75, 3.05) is 17.2 Å². The first-order chi connectivity index (χ1) is 14.0. The molecule has 0 bridgehead atoms. The summed E-state index contributed by atoms with van der Waals surface area (Å²) in [6.45, 7) is -0.439. The fourth-order valence-electron chi connectivity index (χ4n) is 2.49. The normalized spacial score (nSPS) is 10.1. The highest BCUT2D eigenvalue weighted by Gasteiger charge is 2.16. The van der Waals surface area contributed by atoms with Crippen LogP contribution in [0.15, 0.2) is 78.9 Å². The van der Waals surface area contributed by atoms with Crippen LogP contribution in [0.4, 0.5) is 11.4 Å². The van der Waals surface area contributed by atoms with Crippen molar-refractivity contribution in [3.63, 3.8) is 0 Å². The molecule has 3 aromatic carbocycles. The molecule has 0 aliphatic carbocycles. The highest BCUT2D eigenvalue weighted by atomic mass is 127. The van der Waals surface area contributed by atoms with E-state index in [0.29, 0.717) is 16.9 Å². The SMILES string of the molecule is O=C(COC(=O)c1ccccc1NC(=O)c1ccccc1)Nc1ccc(I)cc1. The van der Waals surface area contributed by atoms with Crippen LogP contribution >= 0.6 is 22.6 Å². The minimum Gasteiger partial charge on any atom is -0.452 e. The molecule has 0 saturated carbocycles. The number of para-hydroxylation sites is 1. The molecule has 0 aliphatic heterocycles. The fraction of sp³-hybridized carbons (Fsp3) is 0.0455. The van der Waals surface area contributed by atoms with E-state index in [-0.39, 0.29) is 11.5 Å². The predicted molar refractivity (Wildman–Crippen MR) is 119 cm³/mol. The van der Waals surface area contributed by atoms with Gasteiger partial charge in [-0.15, -0.1) is 0 Å². The Hall–Kier alpha value is -3.20. The summed E-state index contributed by atoms with van der Waals surface area (Å²) in [6.07, 6.45) is 0. The molecule has 3 aromatic rings. The van der Waals surface area contributed by atoms with Gasteiger partial charge < -0.3 is 15.4 Å². The monoisotopic (exact) mass is 500 g/mol. The summed E-state index contributed by atoms with van der Waals surface area (Å²) < 4.78 is 6.15. The number of hydrogen-bond donors (Lipinski definition) is 2. The van der Waals surface area contributed by atoms with Gasteiger partial charge in [0.05, 0.1) is 11.3 Å². The maximum atomic E-state index is 12.4. The third-order valence-corrected chi connectivity index (χ3v) is 4.61. The molecule has 0 saturated heterocycles. The lowest BCUT2D eigenvalue weighted by molar-refractivity contribution is -0.119. The number of carbonyl (C=O) groups excluding carboxylic acids is 3. The van der Waals surface area contributed by atoms with Crippen LogP contribution in [-0.2, 0) is 9.53 Å². The van der Waals surface area contributed by atoms with E-state index in [1.54, 1.807) is 54.6 Å². The number of esters is 1. The second kappa shape index (κ2) is 9.83. The van der Waals surface area contributed by atoms with Crippen LogP contribution in [0.3, 0.4) is 0 Å². The number of hydrogen-bond acceptors (Lipinski definition) is 4. The zero-order valence-electron chi connectivity index (χ0n) is 15.2. The van der Waals surface area contributed by atoms with Gasteiger partial charge in [0.2, 0.25) is 0 Å². The van der Waals surface area contributed by atoms with Crippen molar-refractivity contribution in [3.8, 4) is 0 Å². The highest BCUT2D eigenvalue weighted by Crippen LogP contribution is 2.18. The summed E-state index contributed by atoms with van der Waals surface area (Å²) in [5.74, 6) is -1.50. The van der Waals surface area contributed by atoms with Gasteiger partial charge in [-0.1, -0.05) is 30.3 Å². The molecular formula is C22H17IN2O4. The lowest BCUT2D eigenvalue weighted by atomic mass is 10.1. The van der Waals surface area contributed by atoms with E-state index in [1.807, 2.05) is 18.2 Å². The van der Waals surface area contributed by atoms with Crippen molar-refractivity contribution in [1.29, 1.82) is 0 Å². The molecule has 7 heteroatoms. The van der Waals surface area contributed by atoms with E-state index < -0.39 is 18.5 Å². The Morgan fingerprint density at radius 3 is 2.17 bits per heavy atom. The quantitative estimate of drug-likeness (QED) is 0.390. The predicted octanol–water partition coefficient (Wildman–Crippen LogP) is 4.34. The largest absolute Gasteiger partial charge is 0.452 e. The van der Waals surface area contributed by atoms with Crippen molar-refractivity contribution >= 4 is 51.7 Å². The standard InChI is InChI=1S/C22H17IN2O4/c23-16-10-12-17(13-11-16)24-20(26)14-29-22(28)18-8-4-5-9-19(18)25-21(27)15-6-2-1-3-7-15/h1-13H,14H2,(H,24,26)(H,25,27). The van der Waals surface area contributed by atoms with Crippen molar-refractivity contribution in [2.24, 2.45) is 0 Å². The van der Waals surface area contributed by atoms with Gasteiger partial charge in [-0.3, -0.25) is 9.59 Å². The second-order valence-electron chi connectivity index (χ2n) is 6.00. The third kappa shape index (κ3) is 5.89. The highest BCUT2D eigenvalue weighted by molar-refractivity contribution is 14.1. The van der Waals surface area contributed by atoms with Gasteiger partial charge in [-0.25, -0.2) is 4.79 Å². The van der Waals surface area contributed by atoms with Gasteiger partial charge in [-0.2, -0.15) is 0 Å². The van der Waals surface area contributed by atoms with E-state index in [9.17, 15) is 14.4 Å². The van der Waals surface area contributed by atoms with Crippen LogP contribution in [0.1, 0.15) is 20.7 Å². The molecule has 0 aromatic heterocycles. The summed E-state index contributed by atoms with van der Waals surface area (Å²) in [4.78, 5) is 36.8. The topological polar surface area (TPSA) is 84.5 Å². The molecule has 0 heterocycles. The van der Waals surface area contributed by atoms with Gasteiger partial charge in [0.15, 0.2) is 6.61 Å².